The maximum absolute atomic E-state index is 13.4. The Labute approximate surface area is 117 Å². The van der Waals surface area contributed by atoms with Crippen molar-refractivity contribution in [1.82, 2.24) is 4.31 Å². The molecule has 0 aromatic heterocycles. The third-order valence-electron chi connectivity index (χ3n) is 3.16. The van der Waals surface area contributed by atoms with Crippen LogP contribution in [0.4, 0.5) is 10.1 Å². The van der Waals surface area contributed by atoms with Gasteiger partial charge >= 0.3 is 10.2 Å². The number of rotatable bonds is 4. The lowest BCUT2D eigenvalue weighted by molar-refractivity contribution is 0.349. The molecule has 110 valence electrons. The van der Waals surface area contributed by atoms with E-state index in [4.69, 9.17) is 11.1 Å². The van der Waals surface area contributed by atoms with Gasteiger partial charge in [0.1, 0.15) is 11.7 Å². The number of nitrogens with zero attached hydrogens (tertiary/aromatic N) is 1. The fourth-order valence-electron chi connectivity index (χ4n) is 2.11. The zero-order valence-electron chi connectivity index (χ0n) is 10.9. The van der Waals surface area contributed by atoms with Crippen molar-refractivity contribution in [3.05, 3.63) is 29.6 Å². The van der Waals surface area contributed by atoms with Crippen LogP contribution in [0.2, 0.25) is 0 Å². The van der Waals surface area contributed by atoms with Crippen LogP contribution in [0.15, 0.2) is 18.2 Å². The summed E-state index contributed by atoms with van der Waals surface area (Å²) in [6.07, 6.45) is 2.70. The normalized spacial score (nSPS) is 16.9. The third kappa shape index (κ3) is 3.26. The van der Waals surface area contributed by atoms with Gasteiger partial charge in [0, 0.05) is 13.1 Å². The number of nitrogens with one attached hydrogen (secondary N) is 2. The summed E-state index contributed by atoms with van der Waals surface area (Å²) in [5.41, 5.74) is 5.32. The number of anilines is 1. The van der Waals surface area contributed by atoms with Crippen molar-refractivity contribution in [2.75, 3.05) is 17.8 Å². The van der Waals surface area contributed by atoms with E-state index in [0.29, 0.717) is 13.1 Å². The van der Waals surface area contributed by atoms with Gasteiger partial charge in [-0.25, -0.2) is 4.39 Å². The Morgan fingerprint density at radius 3 is 2.55 bits per heavy atom. The van der Waals surface area contributed by atoms with Gasteiger partial charge in [0.25, 0.3) is 0 Å². The number of nitrogen functional groups attached to an aromatic ring is 1. The molecule has 0 saturated carbocycles. The van der Waals surface area contributed by atoms with Crippen LogP contribution < -0.4 is 10.5 Å². The third-order valence-corrected chi connectivity index (χ3v) is 4.70. The average Bonchev–Trinajstić information content (AvgIpc) is 2.41. The second-order valence-electron chi connectivity index (χ2n) is 4.68. The molecule has 1 aromatic carbocycles. The molecule has 1 aliphatic heterocycles. The highest BCUT2D eigenvalue weighted by Gasteiger charge is 2.24. The minimum absolute atomic E-state index is 0.121. The Morgan fingerprint density at radius 2 is 1.95 bits per heavy atom. The van der Waals surface area contributed by atoms with Crippen molar-refractivity contribution in [2.24, 2.45) is 5.73 Å². The van der Waals surface area contributed by atoms with Crippen LogP contribution in [0.1, 0.15) is 24.8 Å². The number of piperidine rings is 1. The quantitative estimate of drug-likeness (QED) is 0.576. The molecule has 1 aromatic rings. The SMILES string of the molecule is N=C(N)c1cc(NS(=O)(=O)N2CCCCC2)ccc1F. The largest absolute Gasteiger partial charge is 0.384 e. The molecule has 1 saturated heterocycles. The van der Waals surface area contributed by atoms with Crippen molar-refractivity contribution in [1.29, 1.82) is 5.41 Å². The van der Waals surface area contributed by atoms with Crippen molar-refractivity contribution in [3.63, 3.8) is 0 Å². The molecule has 2 rings (SSSR count). The van der Waals surface area contributed by atoms with Gasteiger partial charge in [-0.1, -0.05) is 6.42 Å². The summed E-state index contributed by atoms with van der Waals surface area (Å²) in [6.45, 7) is 0.964. The molecule has 1 heterocycles. The summed E-state index contributed by atoms with van der Waals surface area (Å²) in [6, 6.07) is 3.62. The first kappa shape index (κ1) is 14.7. The van der Waals surface area contributed by atoms with Crippen LogP contribution in [-0.2, 0) is 10.2 Å². The summed E-state index contributed by atoms with van der Waals surface area (Å²) in [7, 11) is -3.64. The summed E-state index contributed by atoms with van der Waals surface area (Å²) in [4.78, 5) is 0. The second kappa shape index (κ2) is 5.76. The maximum Gasteiger partial charge on any atom is 0.301 e. The Balaban J connectivity index is 2.20. The van der Waals surface area contributed by atoms with Gasteiger partial charge in [0.2, 0.25) is 0 Å². The predicted octanol–water partition coefficient (Wildman–Crippen LogP) is 1.25. The van der Waals surface area contributed by atoms with Crippen LogP contribution in [0.5, 0.6) is 0 Å². The van der Waals surface area contributed by atoms with E-state index in [1.54, 1.807) is 0 Å². The van der Waals surface area contributed by atoms with Gasteiger partial charge in [-0.15, -0.1) is 0 Å². The summed E-state index contributed by atoms with van der Waals surface area (Å²) in [5.74, 6) is -1.10. The molecule has 4 N–H and O–H groups in total. The van der Waals surface area contributed by atoms with Crippen molar-refractivity contribution in [3.8, 4) is 0 Å². The molecule has 20 heavy (non-hydrogen) atoms. The van der Waals surface area contributed by atoms with Crippen LogP contribution in [-0.4, -0.2) is 31.6 Å². The topological polar surface area (TPSA) is 99.3 Å². The Kier molecular flexibility index (Phi) is 4.24. The van der Waals surface area contributed by atoms with E-state index in [1.807, 2.05) is 0 Å². The van der Waals surface area contributed by atoms with Gasteiger partial charge in [0.15, 0.2) is 0 Å². The first-order chi connectivity index (χ1) is 9.40. The molecule has 0 spiro atoms. The summed E-state index contributed by atoms with van der Waals surface area (Å²) < 4.78 is 41.5. The van der Waals surface area contributed by atoms with Crippen LogP contribution in [0, 0.1) is 11.2 Å². The van der Waals surface area contributed by atoms with Crippen LogP contribution in [0.3, 0.4) is 0 Å². The van der Waals surface area contributed by atoms with Crippen LogP contribution in [0.25, 0.3) is 0 Å². The molecule has 0 atom stereocenters. The lowest BCUT2D eigenvalue weighted by atomic mass is 10.2. The molecule has 0 radical (unpaired) electrons. The van der Waals surface area contributed by atoms with E-state index >= 15 is 0 Å². The second-order valence-corrected chi connectivity index (χ2v) is 6.35. The number of halogens is 1. The molecule has 6 nitrogen and oxygen atoms in total. The van der Waals surface area contributed by atoms with Crippen LogP contribution >= 0.6 is 0 Å². The molecule has 1 aliphatic rings. The lowest BCUT2D eigenvalue weighted by Crippen LogP contribution is -2.39. The standard InChI is InChI=1S/C12H17FN4O2S/c13-11-5-4-9(8-10(11)12(14)15)16-20(18,19)17-6-2-1-3-7-17/h4-5,8,16H,1-3,6-7H2,(H3,14,15). The average molecular weight is 300 g/mol. The first-order valence-electron chi connectivity index (χ1n) is 6.32. The molecule has 0 unspecified atom stereocenters. The molecule has 0 aliphatic carbocycles. The van der Waals surface area contributed by atoms with Gasteiger partial charge < -0.3 is 5.73 Å². The monoisotopic (exact) mass is 300 g/mol. The van der Waals surface area contributed by atoms with E-state index in [0.717, 1.165) is 25.3 Å². The van der Waals surface area contributed by atoms with Crippen molar-refractivity contribution >= 4 is 21.7 Å². The highest BCUT2D eigenvalue weighted by molar-refractivity contribution is 7.90. The molecule has 8 heteroatoms. The summed E-state index contributed by atoms with van der Waals surface area (Å²) >= 11 is 0. The van der Waals surface area contributed by atoms with Gasteiger partial charge in [-0.3, -0.25) is 10.1 Å². The van der Waals surface area contributed by atoms with E-state index in [9.17, 15) is 12.8 Å². The Hall–Kier alpha value is -1.67. The Bertz CT molecular complexity index is 612. The fourth-order valence-corrected chi connectivity index (χ4v) is 3.41. The fraction of sp³-hybridized carbons (Fsp3) is 0.417. The Morgan fingerprint density at radius 1 is 1.30 bits per heavy atom. The van der Waals surface area contributed by atoms with Gasteiger partial charge in [0.05, 0.1) is 11.3 Å². The van der Waals surface area contributed by atoms with E-state index in [2.05, 4.69) is 4.72 Å². The maximum atomic E-state index is 13.4. The highest BCUT2D eigenvalue weighted by Crippen LogP contribution is 2.19. The van der Waals surface area contributed by atoms with Gasteiger partial charge in [-0.2, -0.15) is 12.7 Å². The molecule has 0 bridgehead atoms. The van der Waals surface area contributed by atoms with E-state index in [-0.39, 0.29) is 11.3 Å². The van der Waals surface area contributed by atoms with Gasteiger partial charge in [-0.05, 0) is 31.0 Å². The zero-order valence-corrected chi connectivity index (χ0v) is 11.7. The molecular formula is C12H17FN4O2S. The minimum atomic E-state index is -3.64. The van der Waals surface area contributed by atoms with Crippen molar-refractivity contribution < 1.29 is 12.8 Å². The molecule has 1 fully saturated rings. The minimum Gasteiger partial charge on any atom is -0.384 e. The number of hydrogen-bond donors (Lipinski definition) is 3. The first-order valence-corrected chi connectivity index (χ1v) is 7.76. The number of amidine groups is 1. The van der Waals surface area contributed by atoms with Crippen molar-refractivity contribution in [2.45, 2.75) is 19.3 Å². The molecular weight excluding hydrogens is 283 g/mol. The number of benzene rings is 1. The number of hydrogen-bond acceptors (Lipinski definition) is 3. The highest BCUT2D eigenvalue weighted by atomic mass is 32.2. The van der Waals surface area contributed by atoms with E-state index < -0.39 is 21.9 Å². The lowest BCUT2D eigenvalue weighted by Gasteiger charge is -2.26. The molecule has 0 amide bonds. The predicted molar refractivity (Wildman–Crippen MR) is 75.4 cm³/mol. The summed E-state index contributed by atoms with van der Waals surface area (Å²) in [5, 5.41) is 7.25. The zero-order chi connectivity index (χ0) is 14.8. The van der Waals surface area contributed by atoms with E-state index in [1.165, 1.54) is 16.4 Å². The smallest absolute Gasteiger partial charge is 0.301 e. The number of nitrogens with two attached hydrogens (primary N) is 1.